The van der Waals surface area contributed by atoms with E-state index in [0.29, 0.717) is 29.2 Å². The van der Waals surface area contributed by atoms with E-state index in [1.807, 2.05) is 49.4 Å². The Hall–Kier alpha value is -3.93. The SMILES string of the molecule is Cc1ccn2c(=O)cc(COc3ccccc3C(=O)NCc3ccccc3)nc2c1. The number of pyridine rings is 1. The van der Waals surface area contributed by atoms with E-state index in [9.17, 15) is 9.59 Å². The Bertz CT molecular complexity index is 1250. The van der Waals surface area contributed by atoms with Crippen LogP contribution in [0.15, 0.2) is 83.8 Å². The van der Waals surface area contributed by atoms with Gasteiger partial charge in [-0.3, -0.25) is 14.0 Å². The Labute approximate surface area is 173 Å². The van der Waals surface area contributed by atoms with Gasteiger partial charge in [-0.25, -0.2) is 4.98 Å². The fourth-order valence-corrected chi connectivity index (χ4v) is 3.13. The van der Waals surface area contributed by atoms with Gasteiger partial charge in [-0.05, 0) is 42.3 Å². The molecule has 0 fully saturated rings. The number of carbonyl (C=O) groups is 1. The Balaban J connectivity index is 1.50. The number of hydrogen-bond donors (Lipinski definition) is 1. The molecule has 1 amide bonds. The molecule has 0 aliphatic carbocycles. The van der Waals surface area contributed by atoms with Crippen molar-refractivity contribution in [3.8, 4) is 5.75 Å². The highest BCUT2D eigenvalue weighted by Gasteiger charge is 2.13. The van der Waals surface area contributed by atoms with Crippen LogP contribution in [0.4, 0.5) is 0 Å². The second kappa shape index (κ2) is 8.61. The molecule has 30 heavy (non-hydrogen) atoms. The monoisotopic (exact) mass is 399 g/mol. The molecule has 2 aromatic heterocycles. The van der Waals surface area contributed by atoms with Crippen LogP contribution >= 0.6 is 0 Å². The largest absolute Gasteiger partial charge is 0.486 e. The summed E-state index contributed by atoms with van der Waals surface area (Å²) in [5.41, 5.74) is 3.36. The summed E-state index contributed by atoms with van der Waals surface area (Å²) < 4.78 is 7.35. The van der Waals surface area contributed by atoms with Gasteiger partial charge in [0.1, 0.15) is 18.0 Å². The van der Waals surface area contributed by atoms with Crippen LogP contribution in [0.1, 0.15) is 27.2 Å². The fourth-order valence-electron chi connectivity index (χ4n) is 3.13. The highest BCUT2D eigenvalue weighted by Crippen LogP contribution is 2.19. The third kappa shape index (κ3) is 4.38. The Morgan fingerprint density at radius 2 is 1.80 bits per heavy atom. The third-order valence-corrected chi connectivity index (χ3v) is 4.68. The van der Waals surface area contributed by atoms with Crippen molar-refractivity contribution in [3.05, 3.63) is 112 Å². The van der Waals surface area contributed by atoms with Crippen LogP contribution in [-0.4, -0.2) is 15.3 Å². The number of carbonyl (C=O) groups excluding carboxylic acids is 1. The first-order chi connectivity index (χ1) is 14.6. The van der Waals surface area contributed by atoms with E-state index in [2.05, 4.69) is 10.3 Å². The molecule has 0 saturated carbocycles. The molecule has 0 unspecified atom stereocenters. The molecule has 0 spiro atoms. The number of ether oxygens (including phenoxy) is 1. The number of nitrogens with one attached hydrogen (secondary N) is 1. The average Bonchev–Trinajstić information content (AvgIpc) is 2.76. The lowest BCUT2D eigenvalue weighted by Gasteiger charge is -2.12. The van der Waals surface area contributed by atoms with Gasteiger partial charge in [-0.1, -0.05) is 42.5 Å². The summed E-state index contributed by atoms with van der Waals surface area (Å²) in [6.45, 7) is 2.46. The van der Waals surface area contributed by atoms with Gasteiger partial charge in [0, 0.05) is 18.8 Å². The molecule has 1 N–H and O–H groups in total. The van der Waals surface area contributed by atoms with E-state index >= 15 is 0 Å². The molecule has 2 heterocycles. The number of para-hydroxylation sites is 1. The quantitative estimate of drug-likeness (QED) is 0.539. The molecule has 4 rings (SSSR count). The van der Waals surface area contributed by atoms with E-state index in [-0.39, 0.29) is 18.1 Å². The molecule has 0 aliphatic rings. The van der Waals surface area contributed by atoms with Crippen molar-refractivity contribution >= 4 is 11.6 Å². The minimum Gasteiger partial charge on any atom is -0.486 e. The summed E-state index contributed by atoms with van der Waals surface area (Å²) in [6, 6.07) is 21.9. The number of aryl methyl sites for hydroxylation is 1. The van der Waals surface area contributed by atoms with Crippen molar-refractivity contribution in [2.45, 2.75) is 20.1 Å². The second-order valence-corrected chi connectivity index (χ2v) is 6.97. The molecule has 6 heteroatoms. The van der Waals surface area contributed by atoms with Crippen LogP contribution in [0.3, 0.4) is 0 Å². The van der Waals surface area contributed by atoms with E-state index in [0.717, 1.165) is 11.1 Å². The van der Waals surface area contributed by atoms with Crippen LogP contribution in [0.25, 0.3) is 5.65 Å². The molecule has 0 bridgehead atoms. The molecule has 0 aliphatic heterocycles. The number of nitrogens with zero attached hydrogens (tertiary/aromatic N) is 2. The summed E-state index contributed by atoms with van der Waals surface area (Å²) in [6.07, 6.45) is 1.71. The lowest BCUT2D eigenvalue weighted by molar-refractivity contribution is 0.0946. The van der Waals surface area contributed by atoms with E-state index in [1.54, 1.807) is 30.5 Å². The Morgan fingerprint density at radius 3 is 2.63 bits per heavy atom. The van der Waals surface area contributed by atoms with Crippen molar-refractivity contribution in [3.63, 3.8) is 0 Å². The molecule has 0 saturated heterocycles. The van der Waals surface area contributed by atoms with Gasteiger partial charge in [0.05, 0.1) is 11.3 Å². The van der Waals surface area contributed by atoms with Gasteiger partial charge in [-0.2, -0.15) is 0 Å². The van der Waals surface area contributed by atoms with Gasteiger partial charge >= 0.3 is 0 Å². The molecular formula is C24H21N3O3. The zero-order valence-corrected chi connectivity index (χ0v) is 16.5. The third-order valence-electron chi connectivity index (χ3n) is 4.68. The number of aromatic nitrogens is 2. The Kier molecular flexibility index (Phi) is 5.57. The maximum Gasteiger partial charge on any atom is 0.258 e. The number of rotatable bonds is 6. The van der Waals surface area contributed by atoms with Crippen molar-refractivity contribution < 1.29 is 9.53 Å². The molecule has 6 nitrogen and oxygen atoms in total. The second-order valence-electron chi connectivity index (χ2n) is 6.97. The smallest absolute Gasteiger partial charge is 0.258 e. The minimum atomic E-state index is -0.225. The first-order valence-electron chi connectivity index (χ1n) is 9.63. The number of benzene rings is 2. The summed E-state index contributed by atoms with van der Waals surface area (Å²) in [7, 11) is 0. The standard InChI is InChI=1S/C24H21N3O3/c1-17-11-12-27-22(13-17)26-19(14-23(27)28)16-30-21-10-6-5-9-20(21)24(29)25-15-18-7-3-2-4-8-18/h2-14H,15-16H2,1H3,(H,25,29). The number of fused-ring (bicyclic) bond motifs is 1. The molecule has 2 aromatic carbocycles. The van der Waals surface area contributed by atoms with E-state index < -0.39 is 0 Å². The van der Waals surface area contributed by atoms with Crippen LogP contribution in [0.2, 0.25) is 0 Å². The van der Waals surface area contributed by atoms with Crippen molar-refractivity contribution in [2.75, 3.05) is 0 Å². The topological polar surface area (TPSA) is 72.7 Å². The normalized spacial score (nSPS) is 10.7. The minimum absolute atomic E-state index is 0.0860. The van der Waals surface area contributed by atoms with Gasteiger partial charge in [0.2, 0.25) is 0 Å². The van der Waals surface area contributed by atoms with Crippen LogP contribution in [-0.2, 0) is 13.2 Å². The number of hydrogen-bond acceptors (Lipinski definition) is 4. The Morgan fingerprint density at radius 1 is 1.03 bits per heavy atom. The van der Waals surface area contributed by atoms with Crippen molar-refractivity contribution in [2.24, 2.45) is 0 Å². The molecule has 150 valence electrons. The highest BCUT2D eigenvalue weighted by molar-refractivity contribution is 5.96. The summed E-state index contributed by atoms with van der Waals surface area (Å²) in [5.74, 6) is 0.214. The van der Waals surface area contributed by atoms with E-state index in [4.69, 9.17) is 4.74 Å². The lowest BCUT2D eigenvalue weighted by Crippen LogP contribution is -2.23. The van der Waals surface area contributed by atoms with Gasteiger partial charge in [0.25, 0.3) is 11.5 Å². The highest BCUT2D eigenvalue weighted by atomic mass is 16.5. The van der Waals surface area contributed by atoms with Crippen LogP contribution in [0, 0.1) is 6.92 Å². The van der Waals surface area contributed by atoms with Crippen molar-refractivity contribution in [1.82, 2.24) is 14.7 Å². The zero-order chi connectivity index (χ0) is 20.9. The van der Waals surface area contributed by atoms with Gasteiger partial charge in [0.15, 0.2) is 0 Å². The first-order valence-corrected chi connectivity index (χ1v) is 9.63. The van der Waals surface area contributed by atoms with Crippen LogP contribution in [0.5, 0.6) is 5.75 Å². The van der Waals surface area contributed by atoms with Crippen LogP contribution < -0.4 is 15.6 Å². The fraction of sp³-hybridized carbons (Fsp3) is 0.125. The average molecular weight is 399 g/mol. The van der Waals surface area contributed by atoms with Gasteiger partial charge < -0.3 is 10.1 Å². The predicted molar refractivity (Wildman–Crippen MR) is 115 cm³/mol. The summed E-state index contributed by atoms with van der Waals surface area (Å²) >= 11 is 0. The maximum absolute atomic E-state index is 12.7. The summed E-state index contributed by atoms with van der Waals surface area (Å²) in [5, 5.41) is 2.91. The maximum atomic E-state index is 12.7. The number of amides is 1. The van der Waals surface area contributed by atoms with E-state index in [1.165, 1.54) is 10.5 Å². The van der Waals surface area contributed by atoms with Crippen molar-refractivity contribution in [1.29, 1.82) is 0 Å². The zero-order valence-electron chi connectivity index (χ0n) is 16.5. The van der Waals surface area contributed by atoms with Gasteiger partial charge in [-0.15, -0.1) is 0 Å². The molecule has 0 radical (unpaired) electrons. The first kappa shape index (κ1) is 19.4. The molecular weight excluding hydrogens is 378 g/mol. The molecule has 4 aromatic rings. The lowest BCUT2D eigenvalue weighted by atomic mass is 10.1. The molecule has 0 atom stereocenters. The summed E-state index contributed by atoms with van der Waals surface area (Å²) in [4.78, 5) is 29.5. The predicted octanol–water partition coefficient (Wildman–Crippen LogP) is 3.51.